The van der Waals surface area contributed by atoms with Crippen LogP contribution in [0, 0.1) is 18.3 Å². The van der Waals surface area contributed by atoms with Gasteiger partial charge in [-0.05, 0) is 66.5 Å². The van der Waals surface area contributed by atoms with Crippen molar-refractivity contribution in [3.05, 3.63) is 130 Å². The highest BCUT2D eigenvalue weighted by Crippen LogP contribution is 2.30. The number of nitrogens with two attached hydrogens (primary N) is 1. The predicted octanol–water partition coefficient (Wildman–Crippen LogP) is 6.10. The molecule has 6 heteroatoms. The van der Waals surface area contributed by atoms with Gasteiger partial charge in [-0.1, -0.05) is 48.6 Å². The molecule has 4 rings (SSSR count). The van der Waals surface area contributed by atoms with E-state index < -0.39 is 0 Å². The van der Waals surface area contributed by atoms with E-state index in [-0.39, 0.29) is 0 Å². The van der Waals surface area contributed by atoms with Gasteiger partial charge >= 0.3 is 0 Å². The summed E-state index contributed by atoms with van der Waals surface area (Å²) >= 11 is 0. The molecule has 0 spiro atoms. The number of aryl methyl sites for hydroxylation is 1. The molecular formula is C32H32N2O4. The second-order valence-corrected chi connectivity index (χ2v) is 8.89. The number of hydrogen-bond donors (Lipinski definition) is 1. The molecular weight excluding hydrogens is 476 g/mol. The highest BCUT2D eigenvalue weighted by atomic mass is 16.6. The molecule has 0 atom stereocenters. The lowest BCUT2D eigenvalue weighted by Crippen LogP contribution is -2.12. The first-order chi connectivity index (χ1) is 18.6. The van der Waals surface area contributed by atoms with Crippen molar-refractivity contribution in [1.29, 1.82) is 5.26 Å². The van der Waals surface area contributed by atoms with Crippen molar-refractivity contribution in [2.75, 3.05) is 19.8 Å². The Morgan fingerprint density at radius 3 is 2.47 bits per heavy atom. The number of hydrogen-bond acceptors (Lipinski definition) is 6. The van der Waals surface area contributed by atoms with Gasteiger partial charge in [-0.15, -0.1) is 0 Å². The minimum Gasteiger partial charge on any atom is -0.488 e. The fraction of sp³-hybridized carbons (Fsp3) is 0.219. The van der Waals surface area contributed by atoms with Crippen LogP contribution in [0.25, 0.3) is 0 Å². The lowest BCUT2D eigenvalue weighted by atomic mass is 10.1. The standard InChI is InChI=1S/C32H32N2O4/c1-23-16-32-29(35-13-14-36-32)12-7-5-3-4-6-11-27(23)22-38-30-18-31(28(20-34)15-24(30)2)37-21-26-10-8-9-25(17-26)19-33/h3-12,15-18H,13-14,20-22,34H2,1-2H3/b4-3?,5-3+,6-4-,7-5?,11-6?,12-7-,23-16+,27-11-,27-23?,29-12?,32-16?. The zero-order valence-corrected chi connectivity index (χ0v) is 21.8. The van der Waals surface area contributed by atoms with E-state index in [0.29, 0.717) is 61.6 Å². The summed E-state index contributed by atoms with van der Waals surface area (Å²) in [7, 11) is 0. The van der Waals surface area contributed by atoms with Crippen LogP contribution in [0.3, 0.4) is 0 Å². The fourth-order valence-corrected chi connectivity index (χ4v) is 4.00. The van der Waals surface area contributed by atoms with Crippen molar-refractivity contribution < 1.29 is 18.9 Å². The first-order valence-corrected chi connectivity index (χ1v) is 12.5. The number of nitriles is 1. The fourth-order valence-electron chi connectivity index (χ4n) is 4.00. The Morgan fingerprint density at radius 2 is 1.66 bits per heavy atom. The minimum absolute atomic E-state index is 0.324. The molecule has 0 aromatic heterocycles. The summed E-state index contributed by atoms with van der Waals surface area (Å²) in [5, 5.41) is 9.17. The maximum atomic E-state index is 9.17. The van der Waals surface area contributed by atoms with Gasteiger partial charge in [0, 0.05) is 18.2 Å². The van der Waals surface area contributed by atoms with E-state index >= 15 is 0 Å². The lowest BCUT2D eigenvalue weighted by molar-refractivity contribution is 0.0768. The summed E-state index contributed by atoms with van der Waals surface area (Å²) in [5.74, 6) is 2.79. The van der Waals surface area contributed by atoms with E-state index in [1.165, 1.54) is 0 Å². The molecule has 1 heterocycles. The highest BCUT2D eigenvalue weighted by molar-refractivity contribution is 5.47. The first kappa shape index (κ1) is 26.6. The topological polar surface area (TPSA) is 86.7 Å². The van der Waals surface area contributed by atoms with Crippen LogP contribution in [0.2, 0.25) is 0 Å². The van der Waals surface area contributed by atoms with Crippen molar-refractivity contribution >= 4 is 0 Å². The van der Waals surface area contributed by atoms with E-state index in [9.17, 15) is 0 Å². The van der Waals surface area contributed by atoms with Crippen LogP contribution in [0.15, 0.2) is 108 Å². The lowest BCUT2D eigenvalue weighted by Gasteiger charge is -2.20. The third kappa shape index (κ3) is 7.06. The Bertz CT molecular complexity index is 1390. The molecule has 1 aliphatic carbocycles. The third-order valence-electron chi connectivity index (χ3n) is 6.10. The van der Waals surface area contributed by atoms with Gasteiger partial charge in [0.05, 0.1) is 11.6 Å². The smallest absolute Gasteiger partial charge is 0.161 e. The molecule has 2 N–H and O–H groups in total. The van der Waals surface area contributed by atoms with Crippen LogP contribution in [-0.2, 0) is 22.6 Å². The van der Waals surface area contributed by atoms with Gasteiger partial charge in [-0.3, -0.25) is 0 Å². The quantitative estimate of drug-likeness (QED) is 0.487. The van der Waals surface area contributed by atoms with Crippen molar-refractivity contribution in [1.82, 2.24) is 0 Å². The van der Waals surface area contributed by atoms with Gasteiger partial charge in [0.1, 0.15) is 37.9 Å². The normalized spacial score (nSPS) is 20.4. The summed E-state index contributed by atoms with van der Waals surface area (Å²) in [5.41, 5.74) is 11.4. The Morgan fingerprint density at radius 1 is 0.895 bits per heavy atom. The third-order valence-corrected chi connectivity index (χ3v) is 6.10. The van der Waals surface area contributed by atoms with Crippen molar-refractivity contribution in [2.45, 2.75) is 27.0 Å². The van der Waals surface area contributed by atoms with Crippen molar-refractivity contribution in [2.24, 2.45) is 5.73 Å². The zero-order chi connectivity index (χ0) is 26.7. The molecule has 0 radical (unpaired) electrons. The van der Waals surface area contributed by atoms with Gasteiger partial charge in [0.25, 0.3) is 0 Å². The molecule has 2 aromatic rings. The Hall–Kier alpha value is -4.47. The second-order valence-electron chi connectivity index (χ2n) is 8.89. The number of rotatable bonds is 7. The maximum absolute atomic E-state index is 9.17. The van der Waals surface area contributed by atoms with E-state index in [4.69, 9.17) is 29.9 Å². The molecule has 38 heavy (non-hydrogen) atoms. The van der Waals surface area contributed by atoms with E-state index in [2.05, 4.69) is 6.07 Å². The molecule has 0 saturated carbocycles. The average molecular weight is 509 g/mol. The number of benzene rings is 2. The zero-order valence-electron chi connectivity index (χ0n) is 21.8. The van der Waals surface area contributed by atoms with E-state index in [1.807, 2.05) is 92.8 Å². The van der Waals surface area contributed by atoms with Crippen LogP contribution in [-0.4, -0.2) is 19.8 Å². The van der Waals surface area contributed by atoms with Crippen molar-refractivity contribution in [3.8, 4) is 17.6 Å². The van der Waals surface area contributed by atoms with E-state index in [1.54, 1.807) is 6.07 Å². The van der Waals surface area contributed by atoms with Crippen LogP contribution in [0.4, 0.5) is 0 Å². The summed E-state index contributed by atoms with van der Waals surface area (Å²) in [6.45, 7) is 6.08. The number of nitrogens with zero attached hydrogens (tertiary/aromatic N) is 1. The molecule has 0 amide bonds. The molecule has 2 aromatic carbocycles. The molecule has 6 nitrogen and oxygen atoms in total. The van der Waals surface area contributed by atoms with Crippen LogP contribution < -0.4 is 15.2 Å². The van der Waals surface area contributed by atoms with Gasteiger partial charge in [-0.2, -0.15) is 5.26 Å². The van der Waals surface area contributed by atoms with Gasteiger partial charge in [0.15, 0.2) is 11.5 Å². The average Bonchev–Trinajstić information content (AvgIpc) is 2.93. The molecule has 1 aliphatic heterocycles. The van der Waals surface area contributed by atoms with Crippen LogP contribution in [0.1, 0.15) is 29.2 Å². The highest BCUT2D eigenvalue weighted by Gasteiger charge is 2.14. The predicted molar refractivity (Wildman–Crippen MR) is 148 cm³/mol. The summed E-state index contributed by atoms with van der Waals surface area (Å²) in [4.78, 5) is 0. The monoisotopic (exact) mass is 508 g/mol. The summed E-state index contributed by atoms with van der Waals surface area (Å²) in [6.07, 6.45) is 15.7. The van der Waals surface area contributed by atoms with Crippen LogP contribution >= 0.6 is 0 Å². The van der Waals surface area contributed by atoms with Gasteiger partial charge in [-0.25, -0.2) is 0 Å². The molecule has 0 bridgehead atoms. The van der Waals surface area contributed by atoms with Gasteiger partial charge < -0.3 is 24.7 Å². The summed E-state index contributed by atoms with van der Waals surface area (Å²) < 4.78 is 24.1. The van der Waals surface area contributed by atoms with Gasteiger partial charge in [0.2, 0.25) is 0 Å². The molecule has 0 saturated heterocycles. The molecule has 0 fully saturated rings. The Kier molecular flexibility index (Phi) is 9.22. The first-order valence-electron chi connectivity index (χ1n) is 12.5. The SMILES string of the molecule is CC1=C/C2=C(\C=C/C=C/C=C\C=C/1COc1cc(OCc3cccc(C#N)c3)c(CN)cc1C)OCCO2. The molecule has 0 unspecified atom stereocenters. The largest absolute Gasteiger partial charge is 0.488 e. The maximum Gasteiger partial charge on any atom is 0.161 e. The Labute approximate surface area is 224 Å². The Balaban J connectivity index is 1.55. The summed E-state index contributed by atoms with van der Waals surface area (Å²) in [6, 6.07) is 13.4. The molecule has 194 valence electrons. The molecule has 2 aliphatic rings. The second kappa shape index (κ2) is 13.2. The van der Waals surface area contributed by atoms with Crippen molar-refractivity contribution in [3.63, 3.8) is 0 Å². The van der Waals surface area contributed by atoms with E-state index in [0.717, 1.165) is 27.8 Å². The minimum atomic E-state index is 0.324. The number of allylic oxidation sites excluding steroid dienone is 8. The van der Waals surface area contributed by atoms with Crippen LogP contribution in [0.5, 0.6) is 11.5 Å². The number of ether oxygens (including phenoxy) is 4.